The minimum Gasteiger partial charge on any atom is -0.352 e. The van der Waals surface area contributed by atoms with Gasteiger partial charge in [0.25, 0.3) is 0 Å². The highest BCUT2D eigenvalue weighted by molar-refractivity contribution is 5.85. The summed E-state index contributed by atoms with van der Waals surface area (Å²) in [6.07, 6.45) is 6.47. The molecule has 0 saturated carbocycles. The largest absolute Gasteiger partial charge is 0.352 e. The van der Waals surface area contributed by atoms with Crippen molar-refractivity contribution >= 4 is 18.3 Å². The van der Waals surface area contributed by atoms with Crippen molar-refractivity contribution in [2.45, 2.75) is 25.8 Å². The fourth-order valence-corrected chi connectivity index (χ4v) is 2.77. The van der Waals surface area contributed by atoms with Crippen LogP contribution in [0.5, 0.6) is 0 Å². The van der Waals surface area contributed by atoms with Gasteiger partial charge in [0.15, 0.2) is 0 Å². The van der Waals surface area contributed by atoms with Crippen molar-refractivity contribution in [1.29, 1.82) is 0 Å². The number of rotatable bonds is 6. The Hall–Kier alpha value is -1.85. The number of nitrogens with zero attached hydrogens (tertiary/aromatic N) is 2. The molecule has 124 valence electrons. The zero-order valence-electron chi connectivity index (χ0n) is 13.1. The number of aromatic nitrogens is 2. The summed E-state index contributed by atoms with van der Waals surface area (Å²) in [5.74, 6) is 0.808. The van der Waals surface area contributed by atoms with E-state index in [4.69, 9.17) is 0 Å². The maximum Gasteiger partial charge on any atom is 0.220 e. The van der Waals surface area contributed by atoms with Crippen LogP contribution in [0.1, 0.15) is 24.8 Å². The standard InChI is InChI=1S/C17H22N4O.ClH/c22-17(7-4-15-8-10-18-12-15)19-13-14-2-5-16(6-3-14)21-11-1-9-20-21;/h1-3,5-6,9,11,15,18H,4,7-8,10,12-13H2,(H,19,22);1H. The van der Waals surface area contributed by atoms with Gasteiger partial charge < -0.3 is 10.6 Å². The van der Waals surface area contributed by atoms with Crippen LogP contribution in [0.25, 0.3) is 5.69 Å². The molecule has 2 heterocycles. The lowest BCUT2D eigenvalue weighted by atomic mass is 10.0. The van der Waals surface area contributed by atoms with Crippen LogP contribution in [-0.2, 0) is 11.3 Å². The molecule has 1 fully saturated rings. The van der Waals surface area contributed by atoms with Crippen molar-refractivity contribution in [1.82, 2.24) is 20.4 Å². The Morgan fingerprint density at radius 1 is 1.35 bits per heavy atom. The Bertz CT molecular complexity index is 592. The predicted octanol–water partition coefficient (Wildman–Crippen LogP) is 2.30. The van der Waals surface area contributed by atoms with E-state index in [1.807, 2.05) is 41.2 Å². The third-order valence-corrected chi connectivity index (χ3v) is 4.14. The highest BCUT2D eigenvalue weighted by atomic mass is 35.5. The molecule has 0 spiro atoms. The molecular weight excluding hydrogens is 312 g/mol. The molecule has 0 aliphatic carbocycles. The van der Waals surface area contributed by atoms with E-state index in [1.54, 1.807) is 6.20 Å². The Morgan fingerprint density at radius 3 is 2.83 bits per heavy atom. The molecule has 2 N–H and O–H groups in total. The van der Waals surface area contributed by atoms with Gasteiger partial charge in [0.1, 0.15) is 0 Å². The first kappa shape index (κ1) is 17.5. The number of hydrogen-bond donors (Lipinski definition) is 2. The second-order valence-electron chi connectivity index (χ2n) is 5.79. The molecule has 0 bridgehead atoms. The number of carbonyl (C=O) groups is 1. The Balaban J connectivity index is 0.00000192. The lowest BCUT2D eigenvalue weighted by Crippen LogP contribution is -2.23. The molecule has 1 aliphatic heterocycles. The van der Waals surface area contributed by atoms with Crippen LogP contribution in [0.4, 0.5) is 0 Å². The monoisotopic (exact) mass is 334 g/mol. The first-order chi connectivity index (χ1) is 10.8. The fraction of sp³-hybridized carbons (Fsp3) is 0.412. The summed E-state index contributed by atoms with van der Waals surface area (Å²) in [5, 5.41) is 10.5. The molecule has 3 rings (SSSR count). The number of nitrogens with one attached hydrogen (secondary N) is 2. The van der Waals surface area contributed by atoms with Gasteiger partial charge in [-0.15, -0.1) is 12.4 Å². The van der Waals surface area contributed by atoms with Gasteiger partial charge in [0, 0.05) is 25.4 Å². The maximum atomic E-state index is 11.9. The summed E-state index contributed by atoms with van der Waals surface area (Å²) in [6, 6.07) is 9.97. The predicted molar refractivity (Wildman–Crippen MR) is 92.9 cm³/mol. The lowest BCUT2D eigenvalue weighted by molar-refractivity contribution is -0.121. The Kier molecular flexibility index (Phi) is 6.62. The first-order valence-electron chi connectivity index (χ1n) is 7.87. The van der Waals surface area contributed by atoms with Crippen LogP contribution < -0.4 is 10.6 Å². The molecule has 1 atom stereocenters. The molecular formula is C17H23ClN4O. The average Bonchev–Trinajstić information content (AvgIpc) is 3.24. The van der Waals surface area contributed by atoms with Crippen molar-refractivity contribution in [3.8, 4) is 5.69 Å². The van der Waals surface area contributed by atoms with Crippen molar-refractivity contribution in [2.24, 2.45) is 5.92 Å². The molecule has 0 radical (unpaired) electrons. The lowest BCUT2D eigenvalue weighted by Gasteiger charge is -2.09. The van der Waals surface area contributed by atoms with E-state index in [0.717, 1.165) is 30.8 Å². The Morgan fingerprint density at radius 2 is 2.17 bits per heavy atom. The topological polar surface area (TPSA) is 59.0 Å². The van der Waals surface area contributed by atoms with Crippen LogP contribution in [0.3, 0.4) is 0 Å². The van der Waals surface area contributed by atoms with Gasteiger partial charge in [-0.25, -0.2) is 4.68 Å². The highest BCUT2D eigenvalue weighted by Gasteiger charge is 2.15. The normalized spacial score (nSPS) is 16.8. The second-order valence-corrected chi connectivity index (χ2v) is 5.79. The molecule has 1 aliphatic rings. The van der Waals surface area contributed by atoms with Crippen LogP contribution in [0.15, 0.2) is 42.7 Å². The summed E-state index contributed by atoms with van der Waals surface area (Å²) >= 11 is 0. The van der Waals surface area contributed by atoms with Crippen molar-refractivity contribution < 1.29 is 4.79 Å². The van der Waals surface area contributed by atoms with E-state index in [0.29, 0.717) is 18.9 Å². The maximum absolute atomic E-state index is 11.9. The van der Waals surface area contributed by atoms with Crippen molar-refractivity contribution in [2.75, 3.05) is 13.1 Å². The van der Waals surface area contributed by atoms with Gasteiger partial charge >= 0.3 is 0 Å². The third-order valence-electron chi connectivity index (χ3n) is 4.14. The minimum absolute atomic E-state index is 0. The molecule has 2 aromatic rings. The molecule has 5 nitrogen and oxygen atoms in total. The van der Waals surface area contributed by atoms with Gasteiger partial charge in [0.2, 0.25) is 5.91 Å². The molecule has 1 saturated heterocycles. The summed E-state index contributed by atoms with van der Waals surface area (Å²) in [6.45, 7) is 2.73. The van der Waals surface area contributed by atoms with Crippen molar-refractivity contribution in [3.63, 3.8) is 0 Å². The quantitative estimate of drug-likeness (QED) is 0.852. The van der Waals surface area contributed by atoms with Gasteiger partial charge in [-0.05, 0) is 55.6 Å². The second kappa shape index (κ2) is 8.70. The fourth-order valence-electron chi connectivity index (χ4n) is 2.77. The van der Waals surface area contributed by atoms with E-state index < -0.39 is 0 Å². The molecule has 1 aromatic heterocycles. The van der Waals surface area contributed by atoms with Crippen LogP contribution in [-0.4, -0.2) is 28.8 Å². The van der Waals surface area contributed by atoms with Crippen LogP contribution in [0, 0.1) is 5.92 Å². The summed E-state index contributed by atoms with van der Waals surface area (Å²) in [7, 11) is 0. The molecule has 1 aromatic carbocycles. The van der Waals surface area contributed by atoms with E-state index in [2.05, 4.69) is 15.7 Å². The van der Waals surface area contributed by atoms with E-state index in [9.17, 15) is 4.79 Å². The number of carbonyl (C=O) groups excluding carboxylic acids is 1. The van der Waals surface area contributed by atoms with Gasteiger partial charge in [-0.1, -0.05) is 12.1 Å². The van der Waals surface area contributed by atoms with E-state index in [-0.39, 0.29) is 18.3 Å². The molecule has 1 amide bonds. The smallest absolute Gasteiger partial charge is 0.220 e. The minimum atomic E-state index is 0. The first-order valence-corrected chi connectivity index (χ1v) is 7.87. The van der Waals surface area contributed by atoms with E-state index >= 15 is 0 Å². The van der Waals surface area contributed by atoms with Gasteiger partial charge in [-0.2, -0.15) is 5.10 Å². The molecule has 23 heavy (non-hydrogen) atoms. The summed E-state index contributed by atoms with van der Waals surface area (Å²) in [4.78, 5) is 11.9. The number of hydrogen-bond acceptors (Lipinski definition) is 3. The molecule has 1 unspecified atom stereocenters. The van der Waals surface area contributed by atoms with Crippen molar-refractivity contribution in [3.05, 3.63) is 48.3 Å². The summed E-state index contributed by atoms with van der Waals surface area (Å²) in [5.41, 5.74) is 2.13. The number of amides is 1. The van der Waals surface area contributed by atoms with Crippen LogP contribution >= 0.6 is 12.4 Å². The highest BCUT2D eigenvalue weighted by Crippen LogP contribution is 2.14. The SMILES string of the molecule is Cl.O=C(CCC1CCNC1)NCc1ccc(-n2cccn2)cc1. The molecule has 6 heteroatoms. The van der Waals surface area contributed by atoms with Gasteiger partial charge in [0.05, 0.1) is 5.69 Å². The zero-order chi connectivity index (χ0) is 15.2. The number of benzene rings is 1. The summed E-state index contributed by atoms with van der Waals surface area (Å²) < 4.78 is 1.82. The van der Waals surface area contributed by atoms with Crippen LogP contribution in [0.2, 0.25) is 0 Å². The Labute approximate surface area is 142 Å². The van der Waals surface area contributed by atoms with E-state index in [1.165, 1.54) is 6.42 Å². The third kappa shape index (κ3) is 5.08. The number of halogens is 1. The zero-order valence-corrected chi connectivity index (χ0v) is 13.9. The average molecular weight is 335 g/mol. The van der Waals surface area contributed by atoms with Gasteiger partial charge in [-0.3, -0.25) is 4.79 Å².